The first-order valence-electron chi connectivity index (χ1n) is 15.3. The molecule has 1 amide bonds. The standard InChI is InChI=1S/C33H33FN10OS/c1-4-26-30(41(3)33-39-29(27(15-35)46-33)21-5-8-25(34)9-6-21)44-20-22(7-10-28(44)38-26)23-16-36-32(37-17-23)43-13-11-42(12-14-43)31(45)24-18-40(2)19-24/h5-10,16-17,20,24H,4,11-14,18-19H2,1-3H3. The van der Waals surface area contributed by atoms with Gasteiger partial charge < -0.3 is 19.6 Å². The smallest absolute Gasteiger partial charge is 0.228 e. The van der Waals surface area contributed by atoms with Crippen molar-refractivity contribution in [2.45, 2.75) is 13.3 Å². The number of nitriles is 1. The molecule has 2 aliphatic heterocycles. The summed E-state index contributed by atoms with van der Waals surface area (Å²) in [7, 11) is 3.96. The predicted molar refractivity (Wildman–Crippen MR) is 176 cm³/mol. The van der Waals surface area contributed by atoms with Crippen LogP contribution in [0.4, 0.5) is 21.3 Å². The van der Waals surface area contributed by atoms with Crippen molar-refractivity contribution >= 4 is 39.8 Å². The third-order valence-electron chi connectivity index (χ3n) is 8.70. The maximum absolute atomic E-state index is 13.6. The Kier molecular flexibility index (Phi) is 7.84. The van der Waals surface area contributed by atoms with Crippen LogP contribution in [0.25, 0.3) is 28.0 Å². The molecule has 13 heteroatoms. The summed E-state index contributed by atoms with van der Waals surface area (Å²) in [6, 6.07) is 12.2. The van der Waals surface area contributed by atoms with Crippen LogP contribution in [-0.2, 0) is 11.2 Å². The second-order valence-corrected chi connectivity index (χ2v) is 12.7. The van der Waals surface area contributed by atoms with Crippen LogP contribution in [0.5, 0.6) is 0 Å². The van der Waals surface area contributed by atoms with Crippen molar-refractivity contribution in [2.24, 2.45) is 5.92 Å². The Bertz CT molecular complexity index is 1930. The van der Waals surface area contributed by atoms with Crippen LogP contribution in [-0.4, -0.2) is 93.4 Å². The zero-order valence-electron chi connectivity index (χ0n) is 25.9. The lowest BCUT2D eigenvalue weighted by atomic mass is 9.99. The van der Waals surface area contributed by atoms with E-state index in [-0.39, 0.29) is 17.6 Å². The molecule has 0 N–H and O–H groups in total. The number of imidazole rings is 1. The van der Waals surface area contributed by atoms with Gasteiger partial charge in [-0.1, -0.05) is 18.3 Å². The lowest BCUT2D eigenvalue weighted by Crippen LogP contribution is -2.57. The number of carbonyl (C=O) groups excluding carboxylic acids is 1. The van der Waals surface area contributed by atoms with E-state index in [4.69, 9.17) is 19.9 Å². The number of anilines is 3. The normalized spacial score (nSPS) is 15.6. The summed E-state index contributed by atoms with van der Waals surface area (Å²) in [6.45, 7) is 6.51. The average molecular weight is 637 g/mol. The third-order valence-corrected chi connectivity index (χ3v) is 9.73. The first-order valence-corrected chi connectivity index (χ1v) is 16.1. The Balaban J connectivity index is 1.12. The minimum Gasteiger partial charge on any atom is -0.339 e. The molecule has 11 nitrogen and oxygen atoms in total. The molecule has 6 heterocycles. The number of halogens is 1. The Morgan fingerprint density at radius 3 is 2.37 bits per heavy atom. The molecule has 2 fully saturated rings. The van der Waals surface area contributed by atoms with E-state index >= 15 is 0 Å². The van der Waals surface area contributed by atoms with Crippen molar-refractivity contribution < 1.29 is 9.18 Å². The first kappa shape index (κ1) is 29.8. The number of fused-ring (bicyclic) bond motifs is 1. The number of hydrogen-bond acceptors (Lipinski definition) is 10. The van der Waals surface area contributed by atoms with Gasteiger partial charge in [-0.2, -0.15) is 5.26 Å². The summed E-state index contributed by atoms with van der Waals surface area (Å²) >= 11 is 1.29. The van der Waals surface area contributed by atoms with Crippen LogP contribution in [0.3, 0.4) is 0 Å². The van der Waals surface area contributed by atoms with Gasteiger partial charge in [0.05, 0.1) is 11.6 Å². The van der Waals surface area contributed by atoms with Gasteiger partial charge in [-0.25, -0.2) is 24.3 Å². The number of rotatable bonds is 7. The molecule has 0 atom stereocenters. The van der Waals surface area contributed by atoms with E-state index in [9.17, 15) is 14.4 Å². The van der Waals surface area contributed by atoms with Gasteiger partial charge >= 0.3 is 0 Å². The molecular weight excluding hydrogens is 603 g/mol. The number of benzene rings is 1. The lowest BCUT2D eigenvalue weighted by Gasteiger charge is -2.41. The van der Waals surface area contributed by atoms with E-state index in [1.165, 1.54) is 23.5 Å². The molecule has 0 aliphatic carbocycles. The molecule has 46 heavy (non-hydrogen) atoms. The number of aryl methyl sites for hydroxylation is 1. The molecule has 5 aromatic rings. The van der Waals surface area contributed by atoms with Crippen LogP contribution in [0.15, 0.2) is 55.0 Å². The van der Waals surface area contributed by atoms with Gasteiger partial charge in [0, 0.05) is 81.6 Å². The number of amides is 1. The summed E-state index contributed by atoms with van der Waals surface area (Å²) in [4.78, 5) is 40.5. The molecule has 0 spiro atoms. The zero-order valence-corrected chi connectivity index (χ0v) is 26.7. The predicted octanol–water partition coefficient (Wildman–Crippen LogP) is 4.47. The maximum Gasteiger partial charge on any atom is 0.228 e. The van der Waals surface area contributed by atoms with Crippen molar-refractivity contribution in [2.75, 3.05) is 63.2 Å². The Morgan fingerprint density at radius 2 is 1.72 bits per heavy atom. The number of carbonyl (C=O) groups is 1. The van der Waals surface area contributed by atoms with E-state index in [1.807, 2.05) is 59.0 Å². The number of likely N-dealkylation sites (tertiary alicyclic amines) is 1. The summed E-state index contributed by atoms with van der Waals surface area (Å²) in [5, 5.41) is 10.5. The Morgan fingerprint density at radius 1 is 1.02 bits per heavy atom. The van der Waals surface area contributed by atoms with Gasteiger partial charge in [-0.15, -0.1) is 0 Å². The average Bonchev–Trinajstić information content (AvgIpc) is 3.68. The number of aromatic nitrogens is 5. The van der Waals surface area contributed by atoms with Crippen molar-refractivity contribution in [3.05, 3.63) is 71.4 Å². The van der Waals surface area contributed by atoms with E-state index in [0.717, 1.165) is 41.4 Å². The number of hydrogen-bond donors (Lipinski definition) is 0. The minimum atomic E-state index is -0.340. The highest BCUT2D eigenvalue weighted by Gasteiger charge is 2.34. The number of nitrogens with zero attached hydrogens (tertiary/aromatic N) is 10. The molecule has 7 rings (SSSR count). The van der Waals surface area contributed by atoms with Gasteiger partial charge in [0.25, 0.3) is 0 Å². The van der Waals surface area contributed by atoms with Crippen molar-refractivity contribution in [1.82, 2.24) is 34.1 Å². The fourth-order valence-corrected chi connectivity index (χ4v) is 6.99. The molecule has 0 radical (unpaired) electrons. The van der Waals surface area contributed by atoms with Crippen LogP contribution in [0.1, 0.15) is 17.5 Å². The second kappa shape index (κ2) is 12.1. The highest BCUT2D eigenvalue weighted by Crippen LogP contribution is 2.37. The van der Waals surface area contributed by atoms with E-state index in [1.54, 1.807) is 12.1 Å². The molecule has 0 unspecified atom stereocenters. The fourth-order valence-electron chi connectivity index (χ4n) is 6.14. The molecule has 2 saturated heterocycles. The molecule has 1 aromatic carbocycles. The van der Waals surface area contributed by atoms with Crippen molar-refractivity contribution in [3.63, 3.8) is 0 Å². The number of pyridine rings is 1. The molecule has 0 saturated carbocycles. The summed E-state index contributed by atoms with van der Waals surface area (Å²) < 4.78 is 15.6. The Labute approximate surface area is 270 Å². The Hall–Kier alpha value is -4.93. The van der Waals surface area contributed by atoms with E-state index in [2.05, 4.69) is 22.8 Å². The molecule has 2 aliphatic rings. The highest BCUT2D eigenvalue weighted by molar-refractivity contribution is 7.16. The summed E-state index contributed by atoms with van der Waals surface area (Å²) in [5.41, 5.74) is 4.69. The van der Waals surface area contributed by atoms with Gasteiger partial charge in [0.2, 0.25) is 11.9 Å². The van der Waals surface area contributed by atoms with Gasteiger partial charge in [0.15, 0.2) is 5.13 Å². The molecule has 4 aromatic heterocycles. The number of piperazine rings is 1. The molecular formula is C33H33FN10OS. The van der Waals surface area contributed by atoms with Crippen molar-refractivity contribution in [3.8, 4) is 28.5 Å². The largest absolute Gasteiger partial charge is 0.339 e. The van der Waals surface area contributed by atoms with Gasteiger partial charge in [-0.3, -0.25) is 9.20 Å². The van der Waals surface area contributed by atoms with Crippen LogP contribution in [0.2, 0.25) is 0 Å². The molecule has 234 valence electrons. The zero-order chi connectivity index (χ0) is 31.9. The van der Waals surface area contributed by atoms with Gasteiger partial charge in [0.1, 0.15) is 33.9 Å². The lowest BCUT2D eigenvalue weighted by molar-refractivity contribution is -0.140. The first-order chi connectivity index (χ1) is 22.3. The van der Waals surface area contributed by atoms with Crippen LogP contribution in [0, 0.1) is 23.1 Å². The third kappa shape index (κ3) is 5.44. The summed E-state index contributed by atoms with van der Waals surface area (Å²) in [6.07, 6.45) is 6.39. The topological polar surface area (TPSA) is 110 Å². The molecule has 0 bridgehead atoms. The quantitative estimate of drug-likeness (QED) is 0.256. The van der Waals surface area contributed by atoms with Crippen molar-refractivity contribution in [1.29, 1.82) is 5.26 Å². The summed E-state index contributed by atoms with van der Waals surface area (Å²) in [5.74, 6) is 1.55. The SMILES string of the molecule is CCc1nc2ccc(-c3cnc(N4CCN(C(=O)C5CN(C)C5)CC4)nc3)cn2c1N(C)c1nc(-c2ccc(F)cc2)c(C#N)s1. The monoisotopic (exact) mass is 636 g/mol. The van der Waals surface area contributed by atoms with Crippen LogP contribution >= 0.6 is 11.3 Å². The minimum absolute atomic E-state index is 0.129. The van der Waals surface area contributed by atoms with Gasteiger partial charge in [-0.05, 0) is 49.9 Å². The van der Waals surface area contributed by atoms with E-state index < -0.39 is 0 Å². The fraction of sp³-hybridized carbons (Fsp3) is 0.333. The maximum atomic E-state index is 13.6. The van der Waals surface area contributed by atoms with Crippen LogP contribution < -0.4 is 9.80 Å². The number of thiazole rings is 1. The van der Waals surface area contributed by atoms with E-state index in [0.29, 0.717) is 59.8 Å². The highest BCUT2D eigenvalue weighted by atomic mass is 32.1. The second-order valence-electron chi connectivity index (χ2n) is 11.7.